The number of amides is 1. The Labute approximate surface area is 91.9 Å². The van der Waals surface area contributed by atoms with Gasteiger partial charge in [0.2, 0.25) is 15.9 Å². The van der Waals surface area contributed by atoms with Crippen LogP contribution in [0.5, 0.6) is 0 Å². The normalized spacial score (nSPS) is 12.1. The van der Waals surface area contributed by atoms with Gasteiger partial charge in [0.25, 0.3) is 0 Å². The van der Waals surface area contributed by atoms with Gasteiger partial charge in [0.15, 0.2) is 0 Å². The van der Waals surface area contributed by atoms with Gasteiger partial charge in [-0.3, -0.25) is 4.79 Å². The predicted molar refractivity (Wildman–Crippen MR) is 60.0 cm³/mol. The van der Waals surface area contributed by atoms with E-state index in [9.17, 15) is 13.2 Å². The molecule has 0 rings (SSSR count). The van der Waals surface area contributed by atoms with Crippen LogP contribution in [-0.2, 0) is 14.8 Å². The number of likely N-dealkylation sites (N-methyl/N-ethyl adjacent to an activating group) is 1. The molecule has 0 unspecified atom stereocenters. The zero-order chi connectivity index (χ0) is 12.1. The zero-order valence-corrected chi connectivity index (χ0v) is 10.6. The lowest BCUT2D eigenvalue weighted by atomic mass is 10.4. The molecule has 0 aliphatic carbocycles. The number of sulfonamides is 1. The summed E-state index contributed by atoms with van der Waals surface area (Å²) in [6.07, 6.45) is 0.554. The highest BCUT2D eigenvalue weighted by atomic mass is 32.2. The van der Waals surface area contributed by atoms with E-state index in [0.29, 0.717) is 6.42 Å². The topological polar surface area (TPSA) is 66.5 Å². The van der Waals surface area contributed by atoms with Crippen LogP contribution in [0.2, 0.25) is 0 Å². The maximum Gasteiger partial charge on any atom is 0.235 e. The van der Waals surface area contributed by atoms with Crippen molar-refractivity contribution in [2.45, 2.75) is 33.2 Å². The first kappa shape index (κ1) is 14.4. The largest absolute Gasteiger partial charge is 0.353 e. The monoisotopic (exact) mass is 236 g/mol. The van der Waals surface area contributed by atoms with Gasteiger partial charge in [-0.05, 0) is 20.3 Å². The summed E-state index contributed by atoms with van der Waals surface area (Å²) in [4.78, 5) is 11.3. The Kier molecular flexibility index (Phi) is 5.82. The van der Waals surface area contributed by atoms with Crippen LogP contribution in [-0.4, -0.2) is 44.0 Å². The SMILES string of the molecule is CCCS(=O)(=O)N(C)CC(=O)NC(C)C. The van der Waals surface area contributed by atoms with Crippen LogP contribution < -0.4 is 5.32 Å². The van der Waals surface area contributed by atoms with Gasteiger partial charge in [0.1, 0.15) is 0 Å². The molecule has 0 radical (unpaired) electrons. The van der Waals surface area contributed by atoms with Gasteiger partial charge >= 0.3 is 0 Å². The minimum absolute atomic E-state index is 0.0276. The molecule has 1 N–H and O–H groups in total. The van der Waals surface area contributed by atoms with Gasteiger partial charge in [-0.1, -0.05) is 6.92 Å². The molecule has 5 nitrogen and oxygen atoms in total. The molecular weight excluding hydrogens is 216 g/mol. The number of nitrogens with one attached hydrogen (secondary N) is 1. The molecule has 0 aromatic rings. The van der Waals surface area contributed by atoms with E-state index in [2.05, 4.69) is 5.32 Å². The summed E-state index contributed by atoms with van der Waals surface area (Å²) in [5, 5.41) is 2.64. The quantitative estimate of drug-likeness (QED) is 0.715. The number of nitrogens with zero attached hydrogens (tertiary/aromatic N) is 1. The molecule has 0 aromatic carbocycles. The third-order valence-electron chi connectivity index (χ3n) is 1.75. The van der Waals surface area contributed by atoms with Crippen LogP contribution in [0.15, 0.2) is 0 Å². The van der Waals surface area contributed by atoms with Gasteiger partial charge in [0.05, 0.1) is 12.3 Å². The molecule has 15 heavy (non-hydrogen) atoms. The van der Waals surface area contributed by atoms with Crippen LogP contribution in [0, 0.1) is 0 Å². The second-order valence-corrected chi connectivity index (χ2v) is 5.99. The Balaban J connectivity index is 4.24. The number of rotatable bonds is 6. The average Bonchev–Trinajstić information content (AvgIpc) is 2.01. The van der Waals surface area contributed by atoms with E-state index in [0.717, 1.165) is 4.31 Å². The third-order valence-corrected chi connectivity index (χ3v) is 3.76. The smallest absolute Gasteiger partial charge is 0.235 e. The minimum Gasteiger partial charge on any atom is -0.353 e. The van der Waals surface area contributed by atoms with E-state index in [1.54, 1.807) is 6.92 Å². The van der Waals surface area contributed by atoms with Crippen molar-refractivity contribution in [1.29, 1.82) is 0 Å². The lowest BCUT2D eigenvalue weighted by Gasteiger charge is -2.17. The van der Waals surface area contributed by atoms with E-state index < -0.39 is 10.0 Å². The van der Waals surface area contributed by atoms with Crippen LogP contribution in [0.25, 0.3) is 0 Å². The minimum atomic E-state index is -3.27. The Morgan fingerprint density at radius 2 is 1.93 bits per heavy atom. The Morgan fingerprint density at radius 1 is 1.40 bits per heavy atom. The summed E-state index contributed by atoms with van der Waals surface area (Å²) in [5.74, 6) is -0.189. The summed E-state index contributed by atoms with van der Waals surface area (Å²) < 4.78 is 24.1. The molecule has 6 heteroatoms. The first-order chi connectivity index (χ1) is 6.79. The molecule has 0 saturated heterocycles. The number of carbonyl (C=O) groups excluding carboxylic acids is 1. The van der Waals surface area contributed by atoms with Gasteiger partial charge in [-0.15, -0.1) is 0 Å². The molecule has 0 fully saturated rings. The number of carbonyl (C=O) groups is 1. The Hall–Kier alpha value is -0.620. The van der Waals surface area contributed by atoms with Crippen LogP contribution in [0.4, 0.5) is 0 Å². The maximum absolute atomic E-state index is 11.5. The number of hydrogen-bond donors (Lipinski definition) is 1. The van der Waals surface area contributed by atoms with E-state index in [-0.39, 0.29) is 24.2 Å². The summed E-state index contributed by atoms with van der Waals surface area (Å²) in [7, 11) is -1.85. The van der Waals surface area contributed by atoms with Gasteiger partial charge in [0, 0.05) is 13.1 Å². The van der Waals surface area contributed by atoms with E-state index in [1.165, 1.54) is 7.05 Å². The molecule has 1 amide bonds. The van der Waals surface area contributed by atoms with Crippen molar-refractivity contribution in [3.05, 3.63) is 0 Å². The zero-order valence-electron chi connectivity index (χ0n) is 9.78. The molecule has 0 bridgehead atoms. The Bertz CT molecular complexity index is 298. The number of hydrogen-bond acceptors (Lipinski definition) is 3. The average molecular weight is 236 g/mol. The van der Waals surface area contributed by atoms with Crippen molar-refractivity contribution in [1.82, 2.24) is 9.62 Å². The molecule has 0 aromatic heterocycles. The molecule has 0 atom stereocenters. The molecule has 90 valence electrons. The van der Waals surface area contributed by atoms with Crippen molar-refractivity contribution in [2.24, 2.45) is 0 Å². The fourth-order valence-corrected chi connectivity index (χ4v) is 2.22. The van der Waals surface area contributed by atoms with Crippen molar-refractivity contribution >= 4 is 15.9 Å². The van der Waals surface area contributed by atoms with Crippen molar-refractivity contribution in [3.63, 3.8) is 0 Å². The fraction of sp³-hybridized carbons (Fsp3) is 0.889. The van der Waals surface area contributed by atoms with Crippen molar-refractivity contribution < 1.29 is 13.2 Å². The second-order valence-electron chi connectivity index (χ2n) is 3.79. The first-order valence-electron chi connectivity index (χ1n) is 5.03. The summed E-state index contributed by atoms with van der Waals surface area (Å²) in [5.41, 5.74) is 0. The third kappa shape index (κ3) is 5.74. The summed E-state index contributed by atoms with van der Waals surface area (Å²) in [6.45, 7) is 5.34. The molecule has 0 heterocycles. The van der Waals surface area contributed by atoms with Crippen LogP contribution in [0.3, 0.4) is 0 Å². The van der Waals surface area contributed by atoms with Gasteiger partial charge in [-0.25, -0.2) is 8.42 Å². The van der Waals surface area contributed by atoms with Crippen molar-refractivity contribution in [3.8, 4) is 0 Å². The molecule has 0 aliphatic rings. The van der Waals surface area contributed by atoms with E-state index in [1.807, 2.05) is 13.8 Å². The second kappa shape index (κ2) is 6.07. The predicted octanol–water partition coefficient (Wildman–Crippen LogP) is 0.183. The molecule has 0 spiro atoms. The highest BCUT2D eigenvalue weighted by molar-refractivity contribution is 7.89. The van der Waals surface area contributed by atoms with Gasteiger partial charge in [-0.2, -0.15) is 4.31 Å². The molecule has 0 saturated carbocycles. The maximum atomic E-state index is 11.5. The van der Waals surface area contributed by atoms with E-state index in [4.69, 9.17) is 0 Å². The molecule has 0 aliphatic heterocycles. The highest BCUT2D eigenvalue weighted by Gasteiger charge is 2.19. The van der Waals surface area contributed by atoms with Gasteiger partial charge < -0.3 is 5.32 Å². The van der Waals surface area contributed by atoms with E-state index >= 15 is 0 Å². The lowest BCUT2D eigenvalue weighted by molar-refractivity contribution is -0.121. The fourth-order valence-electron chi connectivity index (χ4n) is 1.08. The van der Waals surface area contributed by atoms with Crippen LogP contribution >= 0.6 is 0 Å². The Morgan fingerprint density at radius 3 is 2.33 bits per heavy atom. The standard InChI is InChI=1S/C9H20N2O3S/c1-5-6-15(13,14)11(4)7-9(12)10-8(2)3/h8H,5-7H2,1-4H3,(H,10,12). The summed E-state index contributed by atoms with van der Waals surface area (Å²) in [6, 6.07) is 0.0276. The highest BCUT2D eigenvalue weighted by Crippen LogP contribution is 1.99. The lowest BCUT2D eigenvalue weighted by Crippen LogP contribution is -2.41. The summed E-state index contributed by atoms with van der Waals surface area (Å²) >= 11 is 0. The molecular formula is C9H20N2O3S. The van der Waals surface area contributed by atoms with Crippen LogP contribution in [0.1, 0.15) is 27.2 Å². The first-order valence-corrected chi connectivity index (χ1v) is 6.64. The van der Waals surface area contributed by atoms with Crippen molar-refractivity contribution in [2.75, 3.05) is 19.3 Å².